The van der Waals surface area contributed by atoms with E-state index in [2.05, 4.69) is 17.1 Å². The summed E-state index contributed by atoms with van der Waals surface area (Å²) in [5.74, 6) is 0.871. The van der Waals surface area contributed by atoms with Crippen LogP contribution < -0.4 is 11.1 Å². The molecule has 0 saturated carbocycles. The number of nitrogens with zero attached hydrogens (tertiary/aromatic N) is 1. The highest BCUT2D eigenvalue weighted by Gasteiger charge is 2.44. The number of hydrogen-bond acceptors (Lipinski definition) is 4. The van der Waals surface area contributed by atoms with Crippen LogP contribution in [0.3, 0.4) is 0 Å². The smallest absolute Gasteiger partial charge is 0.240 e. The summed E-state index contributed by atoms with van der Waals surface area (Å²) in [4.78, 5) is 14.2. The van der Waals surface area contributed by atoms with Gasteiger partial charge in [0.05, 0.1) is 17.8 Å². The predicted octanol–water partition coefficient (Wildman–Crippen LogP) is 1.27. The zero-order valence-corrected chi connectivity index (χ0v) is 11.8. The molecule has 0 spiro atoms. The first kappa shape index (κ1) is 14.1. The quantitative estimate of drug-likeness (QED) is 0.860. The molecule has 1 amide bonds. The minimum absolute atomic E-state index is 0.0404. The van der Waals surface area contributed by atoms with E-state index >= 15 is 0 Å². The van der Waals surface area contributed by atoms with Crippen molar-refractivity contribution in [3.05, 3.63) is 24.2 Å². The van der Waals surface area contributed by atoms with E-state index in [1.165, 1.54) is 0 Å². The zero-order chi connectivity index (χ0) is 14.0. The summed E-state index contributed by atoms with van der Waals surface area (Å²) in [6.45, 7) is 7.34. The van der Waals surface area contributed by atoms with Crippen molar-refractivity contribution >= 4 is 5.91 Å². The molecular formula is C14H23N3O2. The lowest BCUT2D eigenvalue weighted by Crippen LogP contribution is -2.64. The fourth-order valence-electron chi connectivity index (χ4n) is 2.68. The van der Waals surface area contributed by atoms with Crippen LogP contribution in [0.5, 0.6) is 0 Å². The Hall–Kier alpha value is -1.33. The molecule has 1 aliphatic rings. The second-order valence-electron chi connectivity index (χ2n) is 5.54. The van der Waals surface area contributed by atoms with Crippen LogP contribution in [0.25, 0.3) is 0 Å². The normalized spacial score (nSPS) is 22.8. The molecule has 19 heavy (non-hydrogen) atoms. The summed E-state index contributed by atoms with van der Waals surface area (Å²) in [6.07, 6.45) is 2.49. The summed E-state index contributed by atoms with van der Waals surface area (Å²) in [6, 6.07) is 3.67. The fourth-order valence-corrected chi connectivity index (χ4v) is 2.68. The first-order chi connectivity index (χ1) is 8.98. The molecule has 2 rings (SSSR count). The molecule has 106 valence electrons. The van der Waals surface area contributed by atoms with Crippen LogP contribution in [-0.4, -0.2) is 35.5 Å². The molecule has 0 aromatic carbocycles. The van der Waals surface area contributed by atoms with Crippen molar-refractivity contribution in [3.8, 4) is 0 Å². The van der Waals surface area contributed by atoms with Crippen molar-refractivity contribution in [1.29, 1.82) is 0 Å². The third kappa shape index (κ3) is 2.53. The predicted molar refractivity (Wildman–Crippen MR) is 73.5 cm³/mol. The molecule has 1 aromatic rings. The average molecular weight is 265 g/mol. The van der Waals surface area contributed by atoms with Crippen LogP contribution in [0.1, 0.15) is 39.0 Å². The van der Waals surface area contributed by atoms with Gasteiger partial charge < -0.3 is 15.5 Å². The Morgan fingerprint density at radius 2 is 2.32 bits per heavy atom. The van der Waals surface area contributed by atoms with Crippen molar-refractivity contribution in [3.63, 3.8) is 0 Å². The number of carbonyl (C=O) groups excluding carboxylic acids is 1. The third-order valence-corrected chi connectivity index (χ3v) is 3.96. The van der Waals surface area contributed by atoms with Gasteiger partial charge in [0.15, 0.2) is 0 Å². The second-order valence-corrected chi connectivity index (χ2v) is 5.54. The number of amides is 1. The Balaban J connectivity index is 2.35. The van der Waals surface area contributed by atoms with Crippen LogP contribution in [0, 0.1) is 0 Å². The van der Waals surface area contributed by atoms with Gasteiger partial charge in [-0.2, -0.15) is 0 Å². The molecule has 1 saturated heterocycles. The van der Waals surface area contributed by atoms with E-state index in [1.807, 2.05) is 26.0 Å². The van der Waals surface area contributed by atoms with Gasteiger partial charge in [0.2, 0.25) is 5.91 Å². The molecule has 2 heterocycles. The van der Waals surface area contributed by atoms with Gasteiger partial charge in [-0.25, -0.2) is 0 Å². The standard InChI is InChI=1S/C14H23N3O2/c1-4-10(15)12(11-6-5-9-19-11)17-8-7-16-13(18)14(17,2)3/h5-6,9-10,12H,4,7-8,15H2,1-3H3,(H,16,18). The van der Waals surface area contributed by atoms with Crippen molar-refractivity contribution in [2.45, 2.75) is 44.8 Å². The van der Waals surface area contributed by atoms with E-state index in [1.54, 1.807) is 6.26 Å². The lowest BCUT2D eigenvalue weighted by molar-refractivity contribution is -0.138. The van der Waals surface area contributed by atoms with Crippen LogP contribution in [-0.2, 0) is 4.79 Å². The Morgan fingerprint density at radius 3 is 2.89 bits per heavy atom. The minimum atomic E-state index is -0.581. The molecule has 2 atom stereocenters. The number of rotatable bonds is 4. The van der Waals surface area contributed by atoms with E-state index in [4.69, 9.17) is 10.2 Å². The number of nitrogens with one attached hydrogen (secondary N) is 1. The molecule has 0 radical (unpaired) electrons. The summed E-state index contributed by atoms with van der Waals surface area (Å²) in [5, 5.41) is 2.91. The first-order valence-corrected chi connectivity index (χ1v) is 6.82. The van der Waals surface area contributed by atoms with Crippen molar-refractivity contribution < 1.29 is 9.21 Å². The summed E-state index contributed by atoms with van der Waals surface area (Å²) >= 11 is 0. The minimum Gasteiger partial charge on any atom is -0.468 e. The van der Waals surface area contributed by atoms with Crippen LogP contribution in [0.2, 0.25) is 0 Å². The maximum absolute atomic E-state index is 12.1. The molecule has 0 aliphatic carbocycles. The molecular weight excluding hydrogens is 242 g/mol. The zero-order valence-electron chi connectivity index (χ0n) is 11.8. The summed E-state index contributed by atoms with van der Waals surface area (Å²) < 4.78 is 5.55. The van der Waals surface area contributed by atoms with Crippen LogP contribution in [0.15, 0.2) is 22.8 Å². The molecule has 1 aromatic heterocycles. The maximum atomic E-state index is 12.1. The lowest BCUT2D eigenvalue weighted by atomic mass is 9.92. The molecule has 1 aliphatic heterocycles. The maximum Gasteiger partial charge on any atom is 0.240 e. The monoisotopic (exact) mass is 265 g/mol. The van der Waals surface area contributed by atoms with E-state index in [0.29, 0.717) is 6.54 Å². The van der Waals surface area contributed by atoms with E-state index in [9.17, 15) is 4.79 Å². The van der Waals surface area contributed by atoms with Gasteiger partial charge in [0.1, 0.15) is 5.76 Å². The van der Waals surface area contributed by atoms with Gasteiger partial charge in [-0.15, -0.1) is 0 Å². The molecule has 1 fully saturated rings. The average Bonchev–Trinajstić information content (AvgIpc) is 2.88. The van der Waals surface area contributed by atoms with Crippen LogP contribution in [0.4, 0.5) is 0 Å². The molecule has 5 heteroatoms. The largest absolute Gasteiger partial charge is 0.468 e. The number of hydrogen-bond donors (Lipinski definition) is 2. The van der Waals surface area contributed by atoms with Crippen molar-refractivity contribution in [1.82, 2.24) is 10.2 Å². The number of nitrogens with two attached hydrogens (primary N) is 1. The van der Waals surface area contributed by atoms with Gasteiger partial charge in [0, 0.05) is 19.1 Å². The van der Waals surface area contributed by atoms with Gasteiger partial charge >= 0.3 is 0 Å². The molecule has 0 bridgehead atoms. The SMILES string of the molecule is CCC(N)C(c1ccco1)N1CCNC(=O)C1(C)C. The second kappa shape index (κ2) is 5.35. The van der Waals surface area contributed by atoms with Crippen molar-refractivity contribution in [2.75, 3.05) is 13.1 Å². The van der Waals surface area contributed by atoms with Gasteiger partial charge in [-0.05, 0) is 32.4 Å². The summed E-state index contributed by atoms with van der Waals surface area (Å²) in [5.41, 5.74) is 5.69. The number of furan rings is 1. The first-order valence-electron chi connectivity index (χ1n) is 6.82. The van der Waals surface area contributed by atoms with E-state index in [0.717, 1.165) is 18.7 Å². The third-order valence-electron chi connectivity index (χ3n) is 3.96. The highest BCUT2D eigenvalue weighted by Crippen LogP contribution is 2.33. The highest BCUT2D eigenvalue weighted by molar-refractivity contribution is 5.86. The van der Waals surface area contributed by atoms with Crippen molar-refractivity contribution in [2.24, 2.45) is 5.73 Å². The van der Waals surface area contributed by atoms with E-state index < -0.39 is 5.54 Å². The fraction of sp³-hybridized carbons (Fsp3) is 0.643. The number of piperazine rings is 1. The van der Waals surface area contributed by atoms with Gasteiger partial charge in [0.25, 0.3) is 0 Å². The van der Waals surface area contributed by atoms with Gasteiger partial charge in [-0.1, -0.05) is 6.92 Å². The van der Waals surface area contributed by atoms with Gasteiger partial charge in [-0.3, -0.25) is 9.69 Å². The lowest BCUT2D eigenvalue weighted by Gasteiger charge is -2.46. The summed E-state index contributed by atoms with van der Waals surface area (Å²) in [7, 11) is 0. The Kier molecular flexibility index (Phi) is 3.96. The topological polar surface area (TPSA) is 71.5 Å². The highest BCUT2D eigenvalue weighted by atomic mass is 16.3. The molecule has 2 unspecified atom stereocenters. The molecule has 5 nitrogen and oxygen atoms in total. The number of carbonyl (C=O) groups is 1. The van der Waals surface area contributed by atoms with E-state index in [-0.39, 0.29) is 18.0 Å². The molecule has 3 N–H and O–H groups in total. The Labute approximate surface area is 114 Å². The Morgan fingerprint density at radius 1 is 1.58 bits per heavy atom. The van der Waals surface area contributed by atoms with Crippen LogP contribution >= 0.6 is 0 Å². The Bertz CT molecular complexity index is 428.